The van der Waals surface area contributed by atoms with Gasteiger partial charge in [-0.3, -0.25) is 18.6 Å². The van der Waals surface area contributed by atoms with Gasteiger partial charge in [0.1, 0.15) is 6.61 Å². The summed E-state index contributed by atoms with van der Waals surface area (Å²) in [6.07, 6.45) is 28.2. The summed E-state index contributed by atoms with van der Waals surface area (Å²) in [5.41, 5.74) is 5.31. The molecule has 1 unspecified atom stereocenters. The minimum atomic E-state index is -4.36. The molecule has 2 atom stereocenters. The van der Waals surface area contributed by atoms with E-state index in [-0.39, 0.29) is 38.6 Å². The van der Waals surface area contributed by atoms with Crippen LogP contribution in [0.1, 0.15) is 162 Å². The van der Waals surface area contributed by atoms with Gasteiger partial charge in [-0.1, -0.05) is 122 Å². The molecular weight excluding hydrogens is 581 g/mol. The Morgan fingerprint density at radius 2 is 1.11 bits per heavy atom. The molecule has 0 aromatic heterocycles. The number of nitrogens with two attached hydrogens (primary N) is 1. The van der Waals surface area contributed by atoms with Gasteiger partial charge in [0.05, 0.1) is 13.2 Å². The monoisotopic (exact) mass is 647 g/mol. The van der Waals surface area contributed by atoms with E-state index in [9.17, 15) is 19.0 Å². The second-order valence-corrected chi connectivity index (χ2v) is 13.2. The third-order valence-electron chi connectivity index (χ3n) is 7.40. The molecule has 44 heavy (non-hydrogen) atoms. The quantitative estimate of drug-likeness (QED) is 0.0309. The van der Waals surface area contributed by atoms with Crippen molar-refractivity contribution in [1.82, 2.24) is 0 Å². The van der Waals surface area contributed by atoms with E-state index in [0.717, 1.165) is 51.4 Å². The Morgan fingerprint density at radius 1 is 0.659 bits per heavy atom. The fourth-order valence-corrected chi connectivity index (χ4v) is 5.51. The molecule has 0 aromatic carbocycles. The number of hydrogen-bond acceptors (Lipinski definition) is 8. The van der Waals surface area contributed by atoms with Gasteiger partial charge in [-0.2, -0.15) is 0 Å². The number of carbonyl (C=O) groups is 2. The van der Waals surface area contributed by atoms with Crippen LogP contribution >= 0.6 is 7.82 Å². The Bertz CT molecular complexity index is 749. The highest BCUT2D eigenvalue weighted by Crippen LogP contribution is 2.43. The fourth-order valence-electron chi connectivity index (χ4n) is 4.74. The van der Waals surface area contributed by atoms with Crippen molar-refractivity contribution in [2.24, 2.45) is 5.73 Å². The number of ether oxygens (including phenoxy) is 2. The van der Waals surface area contributed by atoms with Crippen LogP contribution in [-0.2, 0) is 32.7 Å². The highest BCUT2D eigenvalue weighted by Gasteiger charge is 2.25. The first-order valence-corrected chi connectivity index (χ1v) is 19.2. The zero-order valence-electron chi connectivity index (χ0n) is 28.2. The van der Waals surface area contributed by atoms with Crippen LogP contribution in [0.2, 0.25) is 0 Å². The molecule has 3 N–H and O–H groups in total. The molecule has 0 aromatic rings. The van der Waals surface area contributed by atoms with E-state index in [2.05, 4.69) is 26.0 Å². The number of rotatable bonds is 33. The largest absolute Gasteiger partial charge is 0.472 e. The average Bonchev–Trinajstić information content (AvgIpc) is 3.00. The van der Waals surface area contributed by atoms with E-state index in [0.29, 0.717) is 6.42 Å². The van der Waals surface area contributed by atoms with Crippen molar-refractivity contribution in [2.45, 2.75) is 168 Å². The molecule has 9 nitrogen and oxygen atoms in total. The lowest BCUT2D eigenvalue weighted by atomic mass is 10.1. The van der Waals surface area contributed by atoms with E-state index in [1.54, 1.807) is 0 Å². The zero-order chi connectivity index (χ0) is 32.6. The molecule has 0 saturated carbocycles. The lowest BCUT2D eigenvalue weighted by Gasteiger charge is -2.19. The number of unbranched alkanes of at least 4 members (excludes halogenated alkanes) is 18. The molecule has 0 amide bonds. The zero-order valence-corrected chi connectivity index (χ0v) is 29.0. The molecular formula is C34H66NO8P. The predicted molar refractivity (Wildman–Crippen MR) is 178 cm³/mol. The van der Waals surface area contributed by atoms with Gasteiger partial charge < -0.3 is 20.1 Å². The van der Waals surface area contributed by atoms with Crippen LogP contribution in [0.5, 0.6) is 0 Å². The molecule has 10 heteroatoms. The first-order chi connectivity index (χ1) is 21.3. The maximum absolute atomic E-state index is 12.5. The van der Waals surface area contributed by atoms with Crippen molar-refractivity contribution in [1.29, 1.82) is 0 Å². The molecule has 0 spiro atoms. The number of carbonyl (C=O) groups excluding carboxylic acids is 2. The molecule has 260 valence electrons. The van der Waals surface area contributed by atoms with Gasteiger partial charge in [0.15, 0.2) is 6.10 Å². The number of hydrogen-bond donors (Lipinski definition) is 2. The van der Waals surface area contributed by atoms with Gasteiger partial charge in [0.2, 0.25) is 0 Å². The van der Waals surface area contributed by atoms with Crippen LogP contribution in [-0.4, -0.2) is 49.3 Å². The molecule has 0 saturated heterocycles. The topological polar surface area (TPSA) is 134 Å². The SMILES string of the molecule is CCCCCCC/C=C\CCCCCCCC(=O)O[C@H](COC(=O)CCCCCCCCCCC)COP(=O)(O)OCCN. The summed E-state index contributed by atoms with van der Waals surface area (Å²) < 4.78 is 32.5. The smallest absolute Gasteiger partial charge is 0.462 e. The first kappa shape index (κ1) is 42.8. The maximum atomic E-state index is 12.5. The average molecular weight is 648 g/mol. The molecule has 0 aliphatic heterocycles. The van der Waals surface area contributed by atoms with Gasteiger partial charge in [-0.05, 0) is 38.5 Å². The number of esters is 2. The maximum Gasteiger partial charge on any atom is 0.472 e. The van der Waals surface area contributed by atoms with Crippen molar-refractivity contribution in [3.05, 3.63) is 12.2 Å². The van der Waals surface area contributed by atoms with Crippen LogP contribution in [0.15, 0.2) is 12.2 Å². The van der Waals surface area contributed by atoms with Gasteiger partial charge in [0.25, 0.3) is 0 Å². The third-order valence-corrected chi connectivity index (χ3v) is 8.39. The van der Waals surface area contributed by atoms with Gasteiger partial charge >= 0.3 is 19.8 Å². The summed E-state index contributed by atoms with van der Waals surface area (Å²) in [6.45, 7) is 3.67. The Morgan fingerprint density at radius 3 is 1.61 bits per heavy atom. The van der Waals surface area contributed by atoms with E-state index >= 15 is 0 Å². The number of allylic oxidation sites excluding steroid dienone is 2. The van der Waals surface area contributed by atoms with Crippen LogP contribution in [0.4, 0.5) is 0 Å². The van der Waals surface area contributed by atoms with Crippen molar-refractivity contribution in [2.75, 3.05) is 26.4 Å². The number of phosphoric ester groups is 1. The van der Waals surface area contributed by atoms with E-state index in [1.807, 2.05) is 0 Å². The second-order valence-electron chi connectivity index (χ2n) is 11.7. The van der Waals surface area contributed by atoms with E-state index in [4.69, 9.17) is 24.3 Å². The fraction of sp³-hybridized carbons (Fsp3) is 0.882. The van der Waals surface area contributed by atoms with Crippen molar-refractivity contribution < 1.29 is 37.6 Å². The molecule has 0 radical (unpaired) electrons. The minimum Gasteiger partial charge on any atom is -0.462 e. The summed E-state index contributed by atoms with van der Waals surface area (Å²) in [5.74, 6) is -0.839. The summed E-state index contributed by atoms with van der Waals surface area (Å²) in [6, 6.07) is 0. The molecule has 0 aliphatic carbocycles. The lowest BCUT2D eigenvalue weighted by Crippen LogP contribution is -2.29. The normalized spacial score (nSPS) is 13.6. The highest BCUT2D eigenvalue weighted by atomic mass is 31.2. The van der Waals surface area contributed by atoms with Gasteiger partial charge in [-0.25, -0.2) is 4.57 Å². The van der Waals surface area contributed by atoms with Gasteiger partial charge in [-0.15, -0.1) is 0 Å². The molecule has 0 rings (SSSR count). The van der Waals surface area contributed by atoms with E-state index in [1.165, 1.54) is 77.0 Å². The van der Waals surface area contributed by atoms with Crippen LogP contribution < -0.4 is 5.73 Å². The van der Waals surface area contributed by atoms with Crippen LogP contribution in [0.25, 0.3) is 0 Å². The summed E-state index contributed by atoms with van der Waals surface area (Å²) in [4.78, 5) is 34.5. The summed E-state index contributed by atoms with van der Waals surface area (Å²) >= 11 is 0. The first-order valence-electron chi connectivity index (χ1n) is 17.7. The number of phosphoric acid groups is 1. The minimum absolute atomic E-state index is 0.0543. The predicted octanol–water partition coefficient (Wildman–Crippen LogP) is 9.10. The van der Waals surface area contributed by atoms with Crippen molar-refractivity contribution in [3.8, 4) is 0 Å². The van der Waals surface area contributed by atoms with Crippen molar-refractivity contribution >= 4 is 19.8 Å². The molecule has 0 bridgehead atoms. The molecule has 0 fully saturated rings. The Hall–Kier alpha value is -1.25. The van der Waals surface area contributed by atoms with Crippen LogP contribution in [0, 0.1) is 0 Å². The molecule has 0 heterocycles. The highest BCUT2D eigenvalue weighted by molar-refractivity contribution is 7.47. The Balaban J connectivity index is 4.26. The summed E-state index contributed by atoms with van der Waals surface area (Å²) in [7, 11) is -4.36. The molecule has 0 aliphatic rings. The third kappa shape index (κ3) is 30.8. The van der Waals surface area contributed by atoms with Crippen LogP contribution in [0.3, 0.4) is 0 Å². The van der Waals surface area contributed by atoms with E-state index < -0.39 is 26.5 Å². The Kier molecular flexibility index (Phi) is 30.8. The standard InChI is InChI=1S/C34H66NO8P/c1-3-5-7-9-11-13-14-15-16-17-19-21-23-25-27-34(37)43-32(31-42-44(38,39)41-29-28-35)30-40-33(36)26-24-22-20-18-12-10-8-6-4-2/h14-15,32H,3-13,16-31,35H2,1-2H3,(H,38,39)/b15-14-/t32-/m1/s1. The Labute approximate surface area is 269 Å². The summed E-state index contributed by atoms with van der Waals surface area (Å²) in [5, 5.41) is 0. The lowest BCUT2D eigenvalue weighted by molar-refractivity contribution is -0.161. The van der Waals surface area contributed by atoms with Crippen molar-refractivity contribution in [3.63, 3.8) is 0 Å². The second kappa shape index (κ2) is 31.7. The van der Waals surface area contributed by atoms with Gasteiger partial charge in [0, 0.05) is 19.4 Å².